The molecule has 0 saturated carbocycles. The molecule has 1 aromatic carbocycles. The average Bonchev–Trinajstić information content (AvgIpc) is 2.56. The van der Waals surface area contributed by atoms with Crippen molar-refractivity contribution in [1.82, 2.24) is 4.90 Å². The van der Waals surface area contributed by atoms with E-state index < -0.39 is 0 Å². The smallest absolute Gasteiger partial charge is 0.0339 e. The molecule has 0 aliphatic carbocycles. The molecule has 0 amide bonds. The minimum Gasteiger partial charge on any atom is -0.302 e. The second-order valence-corrected chi connectivity index (χ2v) is 6.84. The van der Waals surface area contributed by atoms with Crippen molar-refractivity contribution in [3.05, 3.63) is 35.9 Å². The van der Waals surface area contributed by atoms with Crippen molar-refractivity contribution in [1.29, 1.82) is 0 Å². The third kappa shape index (κ3) is 12.5. The van der Waals surface area contributed by atoms with Crippen molar-refractivity contribution in [3.8, 4) is 0 Å². The monoisotopic (exact) mass is 339 g/mol. The largest absolute Gasteiger partial charge is 0.302 e. The van der Waals surface area contributed by atoms with Crippen LogP contribution in [0.25, 0.3) is 0 Å². The lowest BCUT2D eigenvalue weighted by atomic mass is 10.0. The first-order valence-corrected chi connectivity index (χ1v) is 9.98. The molecule has 0 heterocycles. The summed E-state index contributed by atoms with van der Waals surface area (Å²) in [6.07, 6.45) is 12.1. The fourth-order valence-electron chi connectivity index (χ4n) is 2.80. The van der Waals surface area contributed by atoms with E-state index >= 15 is 0 Å². The van der Waals surface area contributed by atoms with Gasteiger partial charge in [-0.05, 0) is 32.5 Å². The third-order valence-corrected chi connectivity index (χ3v) is 4.45. The van der Waals surface area contributed by atoms with Gasteiger partial charge in [-0.15, -0.1) is 11.6 Å². The van der Waals surface area contributed by atoms with Crippen LogP contribution in [0.15, 0.2) is 30.3 Å². The molecule has 1 rings (SSSR count). The lowest BCUT2D eigenvalue weighted by Crippen LogP contribution is -2.18. The molecule has 1 atom stereocenters. The van der Waals surface area contributed by atoms with Crippen molar-refractivity contribution >= 4 is 11.6 Å². The van der Waals surface area contributed by atoms with Crippen molar-refractivity contribution in [2.75, 3.05) is 20.0 Å². The topological polar surface area (TPSA) is 3.24 Å². The molecule has 134 valence electrons. The minimum atomic E-state index is 0.561. The first-order valence-electron chi connectivity index (χ1n) is 9.44. The van der Waals surface area contributed by atoms with Gasteiger partial charge in [-0.3, -0.25) is 0 Å². The summed E-state index contributed by atoms with van der Waals surface area (Å²) in [5.74, 6) is 0.842. The van der Waals surface area contributed by atoms with Crippen LogP contribution in [0.3, 0.4) is 0 Å². The van der Waals surface area contributed by atoms with Crippen LogP contribution in [0.5, 0.6) is 0 Å². The van der Waals surface area contributed by atoms with Gasteiger partial charge in [0.15, 0.2) is 0 Å². The standard InChI is InChI=1S/C11H17N.C10H21Cl/c1-4-11(12(2)3)10-8-6-5-7-9-10;1-2-3-4-5-6-7-8-9-10-11/h5-9,11H,4H2,1-3H3;2-10H2,1H3. The maximum absolute atomic E-state index is 5.56. The van der Waals surface area contributed by atoms with Gasteiger partial charge in [0.25, 0.3) is 0 Å². The van der Waals surface area contributed by atoms with Gasteiger partial charge >= 0.3 is 0 Å². The van der Waals surface area contributed by atoms with Crippen LogP contribution in [-0.4, -0.2) is 24.9 Å². The van der Waals surface area contributed by atoms with Gasteiger partial charge < -0.3 is 4.90 Å². The first kappa shape index (κ1) is 22.5. The van der Waals surface area contributed by atoms with Crippen LogP contribution in [0.1, 0.15) is 83.2 Å². The van der Waals surface area contributed by atoms with Gasteiger partial charge in [0.2, 0.25) is 0 Å². The van der Waals surface area contributed by atoms with Gasteiger partial charge in [0.1, 0.15) is 0 Å². The molecule has 0 fully saturated rings. The molecular weight excluding hydrogens is 302 g/mol. The molecule has 0 saturated heterocycles. The van der Waals surface area contributed by atoms with Crippen molar-refractivity contribution in [2.45, 2.75) is 77.7 Å². The van der Waals surface area contributed by atoms with E-state index in [2.05, 4.69) is 63.2 Å². The zero-order valence-corrected chi connectivity index (χ0v) is 16.6. The molecular formula is C21H38ClN. The molecule has 23 heavy (non-hydrogen) atoms. The number of alkyl halides is 1. The van der Waals surface area contributed by atoms with E-state index in [1.54, 1.807) is 0 Å². The molecule has 0 bridgehead atoms. The molecule has 0 aliphatic rings. The Balaban J connectivity index is 0.000000423. The van der Waals surface area contributed by atoms with Crippen LogP contribution in [0, 0.1) is 0 Å². The number of hydrogen-bond donors (Lipinski definition) is 0. The average molecular weight is 340 g/mol. The Morgan fingerprint density at radius 3 is 1.78 bits per heavy atom. The minimum absolute atomic E-state index is 0.561. The van der Waals surface area contributed by atoms with Crippen molar-refractivity contribution in [2.24, 2.45) is 0 Å². The quantitative estimate of drug-likeness (QED) is 0.308. The predicted octanol–water partition coefficient (Wildman–Crippen LogP) is 7.07. The Morgan fingerprint density at radius 2 is 1.35 bits per heavy atom. The summed E-state index contributed by atoms with van der Waals surface area (Å²) in [5.41, 5.74) is 1.41. The SMILES string of the molecule is CCC(c1ccccc1)N(C)C.CCCCCCCCCCCl. The second kappa shape index (κ2) is 16.3. The van der Waals surface area contributed by atoms with Gasteiger partial charge in [0.05, 0.1) is 0 Å². The van der Waals surface area contributed by atoms with E-state index in [4.69, 9.17) is 11.6 Å². The summed E-state index contributed by atoms with van der Waals surface area (Å²) >= 11 is 5.56. The predicted molar refractivity (Wildman–Crippen MR) is 106 cm³/mol. The summed E-state index contributed by atoms with van der Waals surface area (Å²) in [4.78, 5) is 2.26. The number of nitrogens with zero attached hydrogens (tertiary/aromatic N) is 1. The highest BCUT2D eigenvalue weighted by Gasteiger charge is 2.09. The zero-order valence-electron chi connectivity index (χ0n) is 15.9. The van der Waals surface area contributed by atoms with Crippen LogP contribution in [-0.2, 0) is 0 Å². The van der Waals surface area contributed by atoms with Crippen molar-refractivity contribution in [3.63, 3.8) is 0 Å². The van der Waals surface area contributed by atoms with E-state index in [-0.39, 0.29) is 0 Å². The van der Waals surface area contributed by atoms with Gasteiger partial charge in [-0.2, -0.15) is 0 Å². The molecule has 0 radical (unpaired) electrons. The Kier molecular flexibility index (Phi) is 16.0. The Bertz CT molecular complexity index is 329. The Hall–Kier alpha value is -0.530. The maximum Gasteiger partial charge on any atom is 0.0339 e. The van der Waals surface area contributed by atoms with Gasteiger partial charge in [0, 0.05) is 11.9 Å². The van der Waals surface area contributed by atoms with E-state index in [1.165, 1.54) is 56.9 Å². The van der Waals surface area contributed by atoms with Crippen molar-refractivity contribution < 1.29 is 0 Å². The number of halogens is 1. The summed E-state index contributed by atoms with van der Waals surface area (Å²) in [7, 11) is 4.25. The fraction of sp³-hybridized carbons (Fsp3) is 0.714. The number of unbranched alkanes of at least 4 members (excludes halogenated alkanes) is 7. The molecule has 0 aliphatic heterocycles. The molecule has 1 nitrogen and oxygen atoms in total. The molecule has 0 aromatic heterocycles. The molecule has 1 unspecified atom stereocenters. The highest BCUT2D eigenvalue weighted by atomic mass is 35.5. The molecule has 0 N–H and O–H groups in total. The number of rotatable bonds is 11. The third-order valence-electron chi connectivity index (χ3n) is 4.18. The maximum atomic E-state index is 5.56. The van der Waals surface area contributed by atoms with Gasteiger partial charge in [-0.1, -0.05) is 89.1 Å². The molecule has 2 heteroatoms. The normalized spacial score (nSPS) is 11.9. The lowest BCUT2D eigenvalue weighted by Gasteiger charge is -2.22. The highest BCUT2D eigenvalue weighted by Crippen LogP contribution is 2.20. The summed E-state index contributed by atoms with van der Waals surface area (Å²) in [6.45, 7) is 4.48. The Morgan fingerprint density at radius 1 is 0.826 bits per heavy atom. The van der Waals surface area contributed by atoms with Crippen LogP contribution in [0.4, 0.5) is 0 Å². The lowest BCUT2D eigenvalue weighted by molar-refractivity contribution is 0.292. The summed E-state index contributed by atoms with van der Waals surface area (Å²) in [6, 6.07) is 11.2. The zero-order chi connectivity index (χ0) is 17.3. The summed E-state index contributed by atoms with van der Waals surface area (Å²) < 4.78 is 0. The second-order valence-electron chi connectivity index (χ2n) is 6.46. The first-order chi connectivity index (χ1) is 11.2. The van der Waals surface area contributed by atoms with Gasteiger partial charge in [-0.25, -0.2) is 0 Å². The molecule has 1 aromatic rings. The fourth-order valence-corrected chi connectivity index (χ4v) is 2.99. The molecule has 0 spiro atoms. The van der Waals surface area contributed by atoms with Crippen LogP contribution in [0.2, 0.25) is 0 Å². The van der Waals surface area contributed by atoms with E-state index in [0.717, 1.165) is 12.3 Å². The highest BCUT2D eigenvalue weighted by molar-refractivity contribution is 6.17. The number of benzene rings is 1. The van der Waals surface area contributed by atoms with E-state index in [0.29, 0.717) is 6.04 Å². The van der Waals surface area contributed by atoms with Crippen LogP contribution < -0.4 is 0 Å². The Labute approximate surface area is 150 Å². The van der Waals surface area contributed by atoms with Crippen LogP contribution >= 0.6 is 11.6 Å². The number of hydrogen-bond acceptors (Lipinski definition) is 1. The van der Waals surface area contributed by atoms with E-state index in [1.807, 2.05) is 0 Å². The van der Waals surface area contributed by atoms with E-state index in [9.17, 15) is 0 Å². The summed E-state index contributed by atoms with van der Waals surface area (Å²) in [5, 5.41) is 0.